The minimum atomic E-state index is -0.615. The first-order valence-corrected chi connectivity index (χ1v) is 21.0. The van der Waals surface area contributed by atoms with E-state index in [9.17, 15) is 14.0 Å². The second kappa shape index (κ2) is 16.7. The van der Waals surface area contributed by atoms with Gasteiger partial charge in [0.15, 0.2) is 0 Å². The Morgan fingerprint density at radius 2 is 1.83 bits per heavy atom. The van der Waals surface area contributed by atoms with Gasteiger partial charge in [-0.25, -0.2) is 14.0 Å². The summed E-state index contributed by atoms with van der Waals surface area (Å²) in [5, 5.41) is 13.0. The number of nitrogens with zero attached hydrogens (tertiary/aromatic N) is 6. The van der Waals surface area contributed by atoms with E-state index in [4.69, 9.17) is 36.0 Å². The third kappa shape index (κ3) is 8.42. The molecule has 0 aliphatic carbocycles. The Balaban J connectivity index is 1.33. The average molecular weight is 829 g/mol. The number of hydrogen-bond donors (Lipinski definition) is 0. The second-order valence-electron chi connectivity index (χ2n) is 15.9. The number of thioether (sulfide) groups is 1. The van der Waals surface area contributed by atoms with Crippen molar-refractivity contribution in [2.24, 2.45) is 7.05 Å². The van der Waals surface area contributed by atoms with Gasteiger partial charge in [-0.2, -0.15) is 10.2 Å². The summed E-state index contributed by atoms with van der Waals surface area (Å²) in [7, 11) is 5.07. The lowest BCUT2D eigenvalue weighted by atomic mass is 9.97. The number of aryl methyl sites for hydroxylation is 5. The van der Waals surface area contributed by atoms with E-state index in [1.165, 1.54) is 13.2 Å². The number of likely N-dealkylation sites (N-methyl/N-ethyl adjacent to an activating group) is 1. The van der Waals surface area contributed by atoms with E-state index in [1.807, 2.05) is 79.9 Å². The molecule has 0 radical (unpaired) electrons. The van der Waals surface area contributed by atoms with Gasteiger partial charge in [-0.05, 0) is 113 Å². The van der Waals surface area contributed by atoms with Gasteiger partial charge in [0.05, 0.1) is 31.6 Å². The van der Waals surface area contributed by atoms with Crippen LogP contribution in [0.3, 0.4) is 0 Å². The van der Waals surface area contributed by atoms with Crippen LogP contribution in [0.2, 0.25) is 5.02 Å². The molecule has 4 heterocycles. The fourth-order valence-electron chi connectivity index (χ4n) is 7.81. The summed E-state index contributed by atoms with van der Waals surface area (Å²) in [5.41, 5.74) is 7.89. The van der Waals surface area contributed by atoms with Gasteiger partial charge in [0.2, 0.25) is 0 Å². The van der Waals surface area contributed by atoms with Gasteiger partial charge in [0.25, 0.3) is 0 Å². The Labute approximate surface area is 347 Å². The first kappa shape index (κ1) is 41.2. The average Bonchev–Trinajstić information content (AvgIpc) is 3.78. The Morgan fingerprint density at radius 1 is 1.03 bits per heavy atom. The largest absolute Gasteiger partial charge is 0.493 e. The smallest absolute Gasteiger partial charge is 0.410 e. The molecule has 14 heteroatoms. The molecular weight excluding hydrogens is 779 g/mol. The van der Waals surface area contributed by atoms with Crippen molar-refractivity contribution in [3.63, 3.8) is 0 Å². The van der Waals surface area contributed by atoms with E-state index in [1.54, 1.807) is 35.8 Å². The highest BCUT2D eigenvalue weighted by molar-refractivity contribution is 7.97. The molecule has 1 amide bonds. The molecule has 0 unspecified atom stereocenters. The standard InChI is InChI=1S/C44H50ClFN6O5S/c1-26-38-36-15-14-34(45)40(38)39-27(2)52(18-17-49(6)43(54)57-44(3,4)5)48-35(39)25-58-24-31-23-32(50(7)47-31)12-10-28-20-29-22-30(46)11-13-33(29)37(21-28)56-19-9-16-51(36)41(26)42(53)55-8/h11,13-15,20-23H,9-10,12,16-19,24-25H2,1-8H3. The van der Waals surface area contributed by atoms with Gasteiger partial charge in [-0.1, -0.05) is 17.7 Å². The SMILES string of the molecule is COC(=O)c1c(C)c2c3c(Cl)ccc2n1CCCOc1cc(cc2cc(F)ccc12)CCc1cc(nn1C)CSCc1nn(CCN(C)C(=O)OC(C)(C)C)c(C)c1-3. The Bertz CT molecular complexity index is 2540. The van der Waals surface area contributed by atoms with Gasteiger partial charge in [-0.3, -0.25) is 9.36 Å². The molecule has 0 atom stereocenters. The number of carbonyl (C=O) groups excluding carboxylic acids is 2. The predicted molar refractivity (Wildman–Crippen MR) is 227 cm³/mol. The summed E-state index contributed by atoms with van der Waals surface area (Å²) in [6.07, 6.45) is 1.63. The van der Waals surface area contributed by atoms with Crippen molar-refractivity contribution in [1.82, 2.24) is 29.0 Å². The van der Waals surface area contributed by atoms with Crippen molar-refractivity contribution in [2.75, 3.05) is 27.3 Å². The van der Waals surface area contributed by atoms with Crippen LogP contribution in [0.1, 0.15) is 71.6 Å². The van der Waals surface area contributed by atoms with Gasteiger partial charge in [0.1, 0.15) is 22.9 Å². The molecule has 58 heavy (non-hydrogen) atoms. The van der Waals surface area contributed by atoms with Crippen LogP contribution in [0.5, 0.6) is 5.75 Å². The van der Waals surface area contributed by atoms with Crippen molar-refractivity contribution >= 4 is 57.1 Å². The summed E-state index contributed by atoms with van der Waals surface area (Å²) in [4.78, 5) is 28.0. The fourth-order valence-corrected chi connectivity index (χ4v) is 8.91. The summed E-state index contributed by atoms with van der Waals surface area (Å²) in [6, 6.07) is 14.8. The summed E-state index contributed by atoms with van der Waals surface area (Å²) in [6.45, 7) is 11.1. The van der Waals surface area contributed by atoms with Crippen LogP contribution in [-0.2, 0) is 54.0 Å². The van der Waals surface area contributed by atoms with Gasteiger partial charge < -0.3 is 23.7 Å². The summed E-state index contributed by atoms with van der Waals surface area (Å²) in [5.74, 6) is 1.14. The molecule has 1 aliphatic heterocycles. The number of fused-ring (bicyclic) bond motifs is 8. The monoisotopic (exact) mass is 828 g/mol. The molecule has 0 saturated heterocycles. The molecule has 7 rings (SSSR count). The number of amides is 1. The molecule has 0 N–H and O–H groups in total. The first-order chi connectivity index (χ1) is 27.6. The van der Waals surface area contributed by atoms with E-state index in [0.717, 1.165) is 79.5 Å². The number of halogens is 2. The molecule has 8 bridgehead atoms. The van der Waals surface area contributed by atoms with Crippen LogP contribution in [0.25, 0.3) is 32.8 Å². The van der Waals surface area contributed by atoms with Gasteiger partial charge in [0, 0.05) is 82.5 Å². The van der Waals surface area contributed by atoms with Gasteiger partial charge in [-0.15, -0.1) is 11.8 Å². The van der Waals surface area contributed by atoms with Crippen LogP contribution in [0, 0.1) is 19.7 Å². The van der Waals surface area contributed by atoms with E-state index < -0.39 is 17.7 Å². The maximum atomic E-state index is 14.4. The third-order valence-corrected chi connectivity index (χ3v) is 11.9. The highest BCUT2D eigenvalue weighted by Gasteiger charge is 2.28. The molecule has 3 aromatic heterocycles. The van der Waals surface area contributed by atoms with Crippen molar-refractivity contribution < 1.29 is 28.2 Å². The number of ether oxygens (including phenoxy) is 3. The molecule has 1 aliphatic rings. The van der Waals surface area contributed by atoms with Crippen LogP contribution in [-0.4, -0.2) is 74.0 Å². The zero-order chi connectivity index (χ0) is 41.5. The van der Waals surface area contributed by atoms with Crippen molar-refractivity contribution in [2.45, 2.75) is 84.1 Å². The van der Waals surface area contributed by atoms with Crippen molar-refractivity contribution in [1.29, 1.82) is 0 Å². The molecule has 11 nitrogen and oxygen atoms in total. The quantitative estimate of drug-likeness (QED) is 0.162. The molecule has 6 aromatic rings. The number of rotatable bonds is 4. The zero-order valence-electron chi connectivity index (χ0n) is 34.4. The van der Waals surface area contributed by atoms with E-state index in [-0.39, 0.29) is 5.82 Å². The number of carbonyl (C=O) groups is 2. The second-order valence-corrected chi connectivity index (χ2v) is 17.3. The van der Waals surface area contributed by atoms with Crippen LogP contribution < -0.4 is 4.74 Å². The Hall–Kier alpha value is -5.01. The normalized spacial score (nSPS) is 13.9. The number of benzene rings is 3. The maximum absolute atomic E-state index is 14.4. The summed E-state index contributed by atoms with van der Waals surface area (Å²) < 4.78 is 37.7. The fraction of sp³-hybridized carbons (Fsp3) is 0.409. The third-order valence-electron chi connectivity index (χ3n) is 10.6. The Kier molecular flexibility index (Phi) is 11.8. The number of aromatic nitrogens is 5. The number of esters is 1. The number of methoxy groups -OCH3 is 1. The van der Waals surface area contributed by atoms with Crippen molar-refractivity contribution in [3.05, 3.63) is 99.0 Å². The Morgan fingerprint density at radius 3 is 2.59 bits per heavy atom. The molecule has 0 fully saturated rings. The van der Waals surface area contributed by atoms with E-state index in [2.05, 4.69) is 6.07 Å². The zero-order valence-corrected chi connectivity index (χ0v) is 35.9. The summed E-state index contributed by atoms with van der Waals surface area (Å²) >= 11 is 8.90. The van der Waals surface area contributed by atoms with E-state index in [0.29, 0.717) is 60.6 Å². The van der Waals surface area contributed by atoms with E-state index >= 15 is 0 Å². The lowest BCUT2D eigenvalue weighted by Gasteiger charge is -2.24. The van der Waals surface area contributed by atoms with Crippen LogP contribution >= 0.6 is 23.4 Å². The highest BCUT2D eigenvalue weighted by Crippen LogP contribution is 2.43. The minimum absolute atomic E-state index is 0.300. The highest BCUT2D eigenvalue weighted by atomic mass is 35.5. The molecule has 3 aromatic carbocycles. The molecule has 306 valence electrons. The molecule has 0 spiro atoms. The van der Waals surface area contributed by atoms with Crippen LogP contribution in [0.15, 0.2) is 48.5 Å². The molecule has 0 saturated carbocycles. The first-order valence-electron chi connectivity index (χ1n) is 19.5. The minimum Gasteiger partial charge on any atom is -0.493 e. The number of hydrogen-bond acceptors (Lipinski definition) is 8. The van der Waals surface area contributed by atoms with Crippen molar-refractivity contribution in [3.8, 4) is 16.9 Å². The van der Waals surface area contributed by atoms with Crippen LogP contribution in [0.4, 0.5) is 9.18 Å². The predicted octanol–water partition coefficient (Wildman–Crippen LogP) is 9.46. The lowest BCUT2D eigenvalue weighted by molar-refractivity contribution is 0.0291. The topological polar surface area (TPSA) is 106 Å². The lowest BCUT2D eigenvalue weighted by Crippen LogP contribution is -2.36. The molecular formula is C44H50ClFN6O5S. The van der Waals surface area contributed by atoms with Gasteiger partial charge >= 0.3 is 12.1 Å². The maximum Gasteiger partial charge on any atom is 0.410 e.